The van der Waals surface area contributed by atoms with Crippen LogP contribution >= 0.6 is 0 Å². The first kappa shape index (κ1) is 21.2. The Bertz CT molecular complexity index is 1080. The van der Waals surface area contributed by atoms with Crippen LogP contribution in [-0.4, -0.2) is 32.8 Å². The van der Waals surface area contributed by atoms with Crippen molar-refractivity contribution in [1.82, 2.24) is 0 Å². The molecular weight excluding hydrogens is 396 g/mol. The predicted molar refractivity (Wildman–Crippen MR) is 116 cm³/mol. The van der Waals surface area contributed by atoms with E-state index in [1.165, 1.54) is 11.6 Å². The number of aliphatic hydroxyl groups excluding tert-OH is 1. The molecule has 0 saturated heterocycles. The van der Waals surface area contributed by atoms with Gasteiger partial charge in [0.05, 0.1) is 12.5 Å². The summed E-state index contributed by atoms with van der Waals surface area (Å²) in [5.74, 6) is 0.240. The minimum absolute atomic E-state index is 0.0705. The third-order valence-electron chi connectivity index (χ3n) is 5.93. The molecule has 2 aromatic rings. The molecule has 2 atom stereocenters. The van der Waals surface area contributed by atoms with E-state index in [1.807, 2.05) is 39.8 Å². The lowest BCUT2D eigenvalue weighted by Gasteiger charge is -2.38. The SMILES string of the molecule is CC(C)=CCc1cc(C2CC(=O)c3c(O)cc(O)cc3O2)cc2c1OC(C)(C)C(O)C2. The summed E-state index contributed by atoms with van der Waals surface area (Å²) in [6.45, 7) is 7.81. The van der Waals surface area contributed by atoms with E-state index in [-0.39, 0.29) is 35.0 Å². The largest absolute Gasteiger partial charge is 0.508 e. The van der Waals surface area contributed by atoms with Crippen LogP contribution in [0, 0.1) is 0 Å². The van der Waals surface area contributed by atoms with Gasteiger partial charge in [-0.2, -0.15) is 0 Å². The van der Waals surface area contributed by atoms with Crippen LogP contribution in [0.25, 0.3) is 0 Å². The Balaban J connectivity index is 1.77. The molecule has 2 aromatic carbocycles. The molecule has 2 unspecified atom stereocenters. The number of allylic oxidation sites excluding steroid dienone is 2. The summed E-state index contributed by atoms with van der Waals surface area (Å²) in [5.41, 5.74) is 3.22. The first-order chi connectivity index (χ1) is 14.5. The van der Waals surface area contributed by atoms with Crippen molar-refractivity contribution in [2.75, 3.05) is 0 Å². The molecule has 6 nitrogen and oxygen atoms in total. The topological polar surface area (TPSA) is 96.2 Å². The van der Waals surface area contributed by atoms with E-state index in [0.717, 1.165) is 28.5 Å². The van der Waals surface area contributed by atoms with Crippen molar-refractivity contribution in [2.45, 2.75) is 64.8 Å². The van der Waals surface area contributed by atoms with Crippen LogP contribution in [-0.2, 0) is 12.8 Å². The van der Waals surface area contributed by atoms with Crippen LogP contribution in [0.2, 0.25) is 0 Å². The molecule has 2 aliphatic heterocycles. The van der Waals surface area contributed by atoms with Crippen molar-refractivity contribution >= 4 is 5.78 Å². The second-order valence-electron chi connectivity index (χ2n) is 9.15. The Morgan fingerprint density at radius 2 is 1.90 bits per heavy atom. The zero-order valence-electron chi connectivity index (χ0n) is 18.2. The van der Waals surface area contributed by atoms with Gasteiger partial charge < -0.3 is 24.8 Å². The summed E-state index contributed by atoms with van der Waals surface area (Å²) in [6.07, 6.45) is 2.06. The van der Waals surface area contributed by atoms with Crippen LogP contribution < -0.4 is 9.47 Å². The smallest absolute Gasteiger partial charge is 0.174 e. The van der Waals surface area contributed by atoms with Gasteiger partial charge in [-0.1, -0.05) is 11.6 Å². The van der Waals surface area contributed by atoms with Crippen LogP contribution in [0.15, 0.2) is 35.9 Å². The Hall–Kier alpha value is -2.99. The molecule has 2 aliphatic rings. The molecule has 6 heteroatoms. The van der Waals surface area contributed by atoms with Crippen molar-refractivity contribution in [2.24, 2.45) is 0 Å². The van der Waals surface area contributed by atoms with Crippen LogP contribution in [0.3, 0.4) is 0 Å². The van der Waals surface area contributed by atoms with E-state index in [4.69, 9.17) is 9.47 Å². The lowest BCUT2D eigenvalue weighted by molar-refractivity contribution is -0.0417. The van der Waals surface area contributed by atoms with Crippen molar-refractivity contribution in [1.29, 1.82) is 0 Å². The van der Waals surface area contributed by atoms with Gasteiger partial charge in [0.2, 0.25) is 0 Å². The number of ketones is 1. The number of hydrogen-bond donors (Lipinski definition) is 3. The van der Waals surface area contributed by atoms with Gasteiger partial charge >= 0.3 is 0 Å². The van der Waals surface area contributed by atoms with Crippen molar-refractivity contribution in [3.63, 3.8) is 0 Å². The minimum Gasteiger partial charge on any atom is -0.508 e. The summed E-state index contributed by atoms with van der Waals surface area (Å²) in [4.78, 5) is 12.7. The highest BCUT2D eigenvalue weighted by Crippen LogP contribution is 2.44. The lowest BCUT2D eigenvalue weighted by Crippen LogP contribution is -2.46. The standard InChI is InChI=1S/C25H28O6/c1-13(2)5-6-14-7-15(8-16-9-22(29)25(3,4)31-24(14)16)20-12-19(28)23-18(27)10-17(26)11-21(23)30-20/h5,7-8,10-11,20,22,26-27,29H,6,9,12H2,1-4H3. The fourth-order valence-corrected chi connectivity index (χ4v) is 4.11. The predicted octanol–water partition coefficient (Wildman–Crippen LogP) is 4.39. The van der Waals surface area contributed by atoms with Crippen LogP contribution in [0.4, 0.5) is 0 Å². The highest BCUT2D eigenvalue weighted by Gasteiger charge is 2.38. The number of carbonyl (C=O) groups excluding carboxylic acids is 1. The van der Waals surface area contributed by atoms with Gasteiger partial charge in [0.15, 0.2) is 5.78 Å². The Morgan fingerprint density at radius 3 is 2.61 bits per heavy atom. The third kappa shape index (κ3) is 4.00. The lowest BCUT2D eigenvalue weighted by atomic mass is 9.86. The van der Waals surface area contributed by atoms with Crippen molar-refractivity contribution in [3.8, 4) is 23.0 Å². The van der Waals surface area contributed by atoms with Gasteiger partial charge in [0.1, 0.15) is 40.3 Å². The number of hydrogen-bond acceptors (Lipinski definition) is 6. The Morgan fingerprint density at radius 1 is 1.16 bits per heavy atom. The number of aromatic hydroxyl groups is 2. The van der Waals surface area contributed by atoms with E-state index in [0.29, 0.717) is 12.8 Å². The quantitative estimate of drug-likeness (QED) is 0.633. The maximum absolute atomic E-state index is 12.7. The molecule has 0 aromatic heterocycles. The molecule has 31 heavy (non-hydrogen) atoms. The van der Waals surface area contributed by atoms with Crippen molar-refractivity contribution in [3.05, 3.63) is 58.2 Å². The summed E-state index contributed by atoms with van der Waals surface area (Å²) in [7, 11) is 0. The number of benzene rings is 2. The number of aliphatic hydroxyl groups is 1. The molecule has 0 amide bonds. The highest BCUT2D eigenvalue weighted by atomic mass is 16.5. The number of Topliss-reactive ketones (excluding diaryl/α,β-unsaturated/α-hetero) is 1. The zero-order chi connectivity index (χ0) is 22.5. The highest BCUT2D eigenvalue weighted by molar-refractivity contribution is 6.02. The molecule has 0 fully saturated rings. The maximum atomic E-state index is 12.7. The number of carbonyl (C=O) groups is 1. The summed E-state index contributed by atoms with van der Waals surface area (Å²) in [5, 5.41) is 30.4. The monoisotopic (exact) mass is 424 g/mol. The zero-order valence-corrected chi connectivity index (χ0v) is 18.2. The van der Waals surface area contributed by atoms with Crippen molar-refractivity contribution < 1.29 is 29.6 Å². The molecule has 0 saturated carbocycles. The van der Waals surface area contributed by atoms with Crippen LogP contribution in [0.5, 0.6) is 23.0 Å². The summed E-state index contributed by atoms with van der Waals surface area (Å²) in [6, 6.07) is 6.39. The van der Waals surface area contributed by atoms with Gasteiger partial charge in [-0.25, -0.2) is 0 Å². The second kappa shape index (κ2) is 7.61. The number of ether oxygens (including phenoxy) is 2. The molecule has 0 aliphatic carbocycles. The number of phenolic OH excluding ortho intramolecular Hbond substituents is 2. The number of rotatable bonds is 3. The fraction of sp³-hybridized carbons (Fsp3) is 0.400. The minimum atomic E-state index is -0.695. The molecule has 0 bridgehead atoms. The first-order valence-electron chi connectivity index (χ1n) is 10.5. The second-order valence-corrected chi connectivity index (χ2v) is 9.15. The molecule has 2 heterocycles. The normalized spacial score (nSPS) is 21.4. The Kier molecular flexibility index (Phi) is 5.21. The van der Waals surface area contributed by atoms with Gasteiger partial charge in [0, 0.05) is 18.6 Å². The first-order valence-corrected chi connectivity index (χ1v) is 10.5. The van der Waals surface area contributed by atoms with Gasteiger partial charge in [-0.05, 0) is 62.9 Å². The van der Waals surface area contributed by atoms with Gasteiger partial charge in [0.25, 0.3) is 0 Å². The van der Waals surface area contributed by atoms with E-state index >= 15 is 0 Å². The molecule has 0 radical (unpaired) electrons. The number of phenols is 2. The maximum Gasteiger partial charge on any atom is 0.174 e. The molecule has 4 rings (SSSR count). The van der Waals surface area contributed by atoms with E-state index in [2.05, 4.69) is 6.08 Å². The molecule has 3 N–H and O–H groups in total. The van der Waals surface area contributed by atoms with Gasteiger partial charge in [-0.3, -0.25) is 4.79 Å². The molecule has 164 valence electrons. The average Bonchev–Trinajstić information content (AvgIpc) is 2.65. The summed E-state index contributed by atoms with van der Waals surface area (Å²) < 4.78 is 12.2. The average molecular weight is 424 g/mol. The van der Waals surface area contributed by atoms with Gasteiger partial charge in [-0.15, -0.1) is 0 Å². The Labute approximate surface area is 181 Å². The van der Waals surface area contributed by atoms with E-state index in [1.54, 1.807) is 0 Å². The van der Waals surface area contributed by atoms with E-state index < -0.39 is 17.8 Å². The van der Waals surface area contributed by atoms with E-state index in [9.17, 15) is 20.1 Å². The fourth-order valence-electron chi connectivity index (χ4n) is 4.11. The van der Waals surface area contributed by atoms with Crippen LogP contribution in [0.1, 0.15) is 67.3 Å². The molecule has 0 spiro atoms. The molecular formula is C25H28O6. The number of fused-ring (bicyclic) bond motifs is 2. The summed E-state index contributed by atoms with van der Waals surface area (Å²) >= 11 is 0. The third-order valence-corrected chi connectivity index (χ3v) is 5.93.